The van der Waals surface area contributed by atoms with Crippen LogP contribution in [0.15, 0.2) is 70.5 Å². The van der Waals surface area contributed by atoms with E-state index in [1.807, 2.05) is 20.8 Å². The highest BCUT2D eigenvalue weighted by atomic mass is 32.3. The molecule has 6 heteroatoms. The molecule has 2 aromatic carbocycles. The van der Waals surface area contributed by atoms with Crippen molar-refractivity contribution in [3.8, 4) is 0 Å². The molecule has 0 aromatic heterocycles. The van der Waals surface area contributed by atoms with Gasteiger partial charge in [-0.2, -0.15) is 0 Å². The Kier molecular flexibility index (Phi) is 4.12. The van der Waals surface area contributed by atoms with Crippen LogP contribution in [0.5, 0.6) is 0 Å². The van der Waals surface area contributed by atoms with Gasteiger partial charge < -0.3 is 0 Å². The van der Waals surface area contributed by atoms with Crippen LogP contribution in [0.1, 0.15) is 27.2 Å². The molecule has 134 valence electrons. The van der Waals surface area contributed by atoms with Crippen LogP contribution in [0.3, 0.4) is 0 Å². The minimum atomic E-state index is -4.05. The van der Waals surface area contributed by atoms with Gasteiger partial charge in [0.2, 0.25) is 0 Å². The van der Waals surface area contributed by atoms with Crippen LogP contribution in [0.25, 0.3) is 0 Å². The van der Waals surface area contributed by atoms with Crippen molar-refractivity contribution in [3.63, 3.8) is 0 Å². The average Bonchev–Trinajstić information content (AvgIpc) is 3.35. The molecule has 4 nitrogen and oxygen atoms in total. The van der Waals surface area contributed by atoms with Gasteiger partial charge in [-0.25, -0.2) is 16.8 Å². The van der Waals surface area contributed by atoms with E-state index < -0.39 is 35.1 Å². The Balaban J connectivity index is 2.25. The number of sulfone groups is 2. The molecular formula is C19H22O4S2. The standard InChI is InChI=1S/C19H22O4S2/c1-18(2,3)17-14-19(17,24(20,21)15-10-6-4-7-11-15)25(22,23)16-12-8-5-9-13-16/h4-13,17H,14H2,1-3H3. The van der Waals surface area contributed by atoms with Crippen LogP contribution >= 0.6 is 0 Å². The van der Waals surface area contributed by atoms with Gasteiger partial charge in [0.25, 0.3) is 0 Å². The Morgan fingerprint density at radius 3 is 1.40 bits per heavy atom. The molecule has 1 saturated carbocycles. The summed E-state index contributed by atoms with van der Waals surface area (Å²) in [4.78, 5) is 0.113. The van der Waals surface area contributed by atoms with Crippen molar-refractivity contribution in [1.82, 2.24) is 0 Å². The van der Waals surface area contributed by atoms with Gasteiger partial charge in [-0.3, -0.25) is 0 Å². The molecule has 25 heavy (non-hydrogen) atoms. The smallest absolute Gasteiger partial charge is 0.199 e. The molecule has 0 spiro atoms. The first-order valence-corrected chi connectivity index (χ1v) is 11.1. The predicted molar refractivity (Wildman–Crippen MR) is 97.5 cm³/mol. The minimum Gasteiger partial charge on any atom is -0.222 e. The second-order valence-electron chi connectivity index (χ2n) is 7.57. The Hall–Kier alpha value is -1.66. The number of hydrogen-bond acceptors (Lipinski definition) is 4. The van der Waals surface area contributed by atoms with Crippen LogP contribution in [-0.4, -0.2) is 20.9 Å². The van der Waals surface area contributed by atoms with Crippen LogP contribution < -0.4 is 0 Å². The maximum Gasteiger partial charge on any atom is 0.199 e. The first kappa shape index (κ1) is 18.1. The highest BCUT2D eigenvalue weighted by molar-refractivity contribution is 8.10. The lowest BCUT2D eigenvalue weighted by Gasteiger charge is -2.25. The summed E-state index contributed by atoms with van der Waals surface area (Å²) < 4.78 is 51.9. The fourth-order valence-electron chi connectivity index (χ4n) is 3.53. The van der Waals surface area contributed by atoms with E-state index in [0.717, 1.165) is 0 Å². The molecule has 1 aliphatic rings. The molecular weight excluding hydrogens is 356 g/mol. The van der Waals surface area contributed by atoms with E-state index in [4.69, 9.17) is 0 Å². The van der Waals surface area contributed by atoms with Gasteiger partial charge in [0.15, 0.2) is 23.8 Å². The molecule has 1 unspecified atom stereocenters. The van der Waals surface area contributed by atoms with Crippen LogP contribution in [0, 0.1) is 11.3 Å². The molecule has 0 heterocycles. The largest absolute Gasteiger partial charge is 0.222 e. The highest BCUT2D eigenvalue weighted by Crippen LogP contribution is 2.64. The van der Waals surface area contributed by atoms with E-state index in [1.165, 1.54) is 24.3 Å². The quantitative estimate of drug-likeness (QED) is 0.813. The van der Waals surface area contributed by atoms with Gasteiger partial charge in [0.05, 0.1) is 9.79 Å². The number of hydrogen-bond donors (Lipinski definition) is 0. The average molecular weight is 379 g/mol. The molecule has 0 bridgehead atoms. The summed E-state index contributed by atoms with van der Waals surface area (Å²) in [5.74, 6) is -0.463. The lowest BCUT2D eigenvalue weighted by Crippen LogP contribution is -2.38. The normalized spacial score (nSPS) is 20.2. The van der Waals surface area contributed by atoms with Crippen molar-refractivity contribution >= 4 is 19.7 Å². The summed E-state index contributed by atoms with van der Waals surface area (Å²) in [6.45, 7) is 5.67. The van der Waals surface area contributed by atoms with Crippen molar-refractivity contribution in [3.05, 3.63) is 60.7 Å². The molecule has 0 saturated heterocycles. The van der Waals surface area contributed by atoms with Gasteiger partial charge in [-0.1, -0.05) is 57.2 Å². The van der Waals surface area contributed by atoms with E-state index in [2.05, 4.69) is 0 Å². The van der Waals surface area contributed by atoms with Crippen molar-refractivity contribution in [2.75, 3.05) is 0 Å². The second kappa shape index (κ2) is 5.68. The van der Waals surface area contributed by atoms with E-state index in [-0.39, 0.29) is 16.2 Å². The summed E-state index contributed by atoms with van der Waals surface area (Å²) in [5.41, 5.74) is -0.441. The number of rotatable bonds is 4. The molecule has 0 radical (unpaired) electrons. The zero-order valence-electron chi connectivity index (χ0n) is 14.5. The lowest BCUT2D eigenvalue weighted by atomic mass is 9.90. The topological polar surface area (TPSA) is 68.3 Å². The van der Waals surface area contributed by atoms with Crippen molar-refractivity contribution in [1.29, 1.82) is 0 Å². The first-order chi connectivity index (χ1) is 11.5. The van der Waals surface area contributed by atoms with E-state index in [0.29, 0.717) is 0 Å². The zero-order chi connectivity index (χ0) is 18.5. The first-order valence-electron chi connectivity index (χ1n) is 8.14. The van der Waals surface area contributed by atoms with Gasteiger partial charge >= 0.3 is 0 Å². The molecule has 1 aliphatic carbocycles. The molecule has 2 aromatic rings. The van der Waals surface area contributed by atoms with Crippen molar-refractivity contribution in [2.45, 2.75) is 41.1 Å². The van der Waals surface area contributed by atoms with Crippen LogP contribution in [0.2, 0.25) is 0 Å². The van der Waals surface area contributed by atoms with Crippen molar-refractivity contribution in [2.24, 2.45) is 11.3 Å². The van der Waals surface area contributed by atoms with Crippen molar-refractivity contribution < 1.29 is 16.8 Å². The van der Waals surface area contributed by atoms with Gasteiger partial charge in [0, 0.05) is 5.92 Å². The predicted octanol–water partition coefficient (Wildman–Crippen LogP) is 3.70. The Morgan fingerprint density at radius 2 is 1.12 bits per heavy atom. The minimum absolute atomic E-state index is 0.0567. The highest BCUT2D eigenvalue weighted by Gasteiger charge is 2.75. The molecule has 0 N–H and O–H groups in total. The van der Waals surface area contributed by atoms with Gasteiger partial charge in [-0.05, 0) is 36.1 Å². The van der Waals surface area contributed by atoms with Crippen LogP contribution in [0.4, 0.5) is 0 Å². The number of benzene rings is 2. The van der Waals surface area contributed by atoms with Gasteiger partial charge in [0.1, 0.15) is 0 Å². The lowest BCUT2D eigenvalue weighted by molar-refractivity contribution is 0.344. The second-order valence-corrected chi connectivity index (χ2v) is 12.2. The summed E-state index contributed by atoms with van der Waals surface area (Å²) in [5, 5.41) is 0. The Labute approximate surface area is 149 Å². The molecule has 0 aliphatic heterocycles. The molecule has 1 atom stereocenters. The maximum atomic E-state index is 13.4. The SMILES string of the molecule is CC(C)(C)C1CC1(S(=O)(=O)c1ccccc1)S(=O)(=O)c1ccccc1. The van der Waals surface area contributed by atoms with E-state index in [1.54, 1.807) is 36.4 Å². The molecule has 3 rings (SSSR count). The summed E-state index contributed by atoms with van der Waals surface area (Å²) >= 11 is 0. The fraction of sp³-hybridized carbons (Fsp3) is 0.368. The Morgan fingerprint density at radius 1 is 0.760 bits per heavy atom. The van der Waals surface area contributed by atoms with Gasteiger partial charge in [-0.15, -0.1) is 0 Å². The zero-order valence-corrected chi connectivity index (χ0v) is 16.1. The molecule has 1 fully saturated rings. The fourth-order valence-corrected chi connectivity index (χ4v) is 9.32. The summed E-state index contributed by atoms with van der Waals surface area (Å²) in [6, 6.07) is 15.8. The third kappa shape index (κ3) is 2.62. The van der Waals surface area contributed by atoms with E-state index in [9.17, 15) is 16.8 Å². The van der Waals surface area contributed by atoms with E-state index >= 15 is 0 Å². The summed E-state index contributed by atoms with van der Waals surface area (Å²) in [7, 11) is -8.11. The Bertz CT molecular complexity index is 901. The monoisotopic (exact) mass is 378 g/mol. The third-order valence-corrected chi connectivity index (χ3v) is 10.7. The summed E-state index contributed by atoms with van der Waals surface area (Å²) in [6.07, 6.45) is 0.116. The third-order valence-electron chi connectivity index (χ3n) is 4.92. The van der Waals surface area contributed by atoms with Crippen LogP contribution in [-0.2, 0) is 19.7 Å². The molecule has 0 amide bonds. The maximum absolute atomic E-state index is 13.4.